The number of aryl methyl sites for hydroxylation is 1. The Bertz CT molecular complexity index is 1080. The predicted octanol–water partition coefficient (Wildman–Crippen LogP) is 4.32. The minimum Gasteiger partial charge on any atom is -0.497 e. The Hall–Kier alpha value is -2.44. The smallest absolute Gasteiger partial charge is 0.253 e. The Kier molecular flexibility index (Phi) is 4.56. The van der Waals surface area contributed by atoms with E-state index in [1.54, 1.807) is 18.4 Å². The molecule has 0 aliphatic carbocycles. The summed E-state index contributed by atoms with van der Waals surface area (Å²) in [7, 11) is 1.70. The van der Waals surface area contributed by atoms with Crippen molar-refractivity contribution in [1.82, 2.24) is 9.88 Å². The Balaban J connectivity index is 1.35. The van der Waals surface area contributed by atoms with Crippen LogP contribution in [-0.4, -0.2) is 42.6 Å². The molecule has 0 bridgehead atoms. The summed E-state index contributed by atoms with van der Waals surface area (Å²) >= 11 is 1.63. The van der Waals surface area contributed by atoms with Gasteiger partial charge in [0.2, 0.25) is 0 Å². The lowest BCUT2D eigenvalue weighted by atomic mass is 9.79. The summed E-state index contributed by atoms with van der Waals surface area (Å²) in [6, 6.07) is 12.1. The van der Waals surface area contributed by atoms with Crippen LogP contribution in [0.1, 0.15) is 39.3 Å². The number of likely N-dealkylation sites (tertiary alicyclic amines) is 1. The summed E-state index contributed by atoms with van der Waals surface area (Å²) in [4.78, 5) is 19.5. The van der Waals surface area contributed by atoms with E-state index in [9.17, 15) is 4.79 Å². The Morgan fingerprint density at radius 1 is 1.21 bits per heavy atom. The number of carbonyl (C=O) groups excluding carboxylic acids is 1. The first kappa shape index (κ1) is 18.6. The molecule has 1 fully saturated rings. The fourth-order valence-corrected chi connectivity index (χ4v) is 5.49. The van der Waals surface area contributed by atoms with Crippen LogP contribution in [0.3, 0.4) is 0 Å². The van der Waals surface area contributed by atoms with Gasteiger partial charge in [-0.05, 0) is 67.6 Å². The van der Waals surface area contributed by atoms with Gasteiger partial charge >= 0.3 is 0 Å². The minimum absolute atomic E-state index is 0.0959. The lowest BCUT2D eigenvalue weighted by Gasteiger charge is -2.45. The zero-order valence-electron chi connectivity index (χ0n) is 16.7. The summed E-state index contributed by atoms with van der Waals surface area (Å²) in [5.74, 6) is 0.987. The van der Waals surface area contributed by atoms with Crippen molar-refractivity contribution in [2.75, 3.05) is 26.8 Å². The zero-order valence-corrected chi connectivity index (χ0v) is 17.6. The average molecular weight is 409 g/mol. The second-order valence-corrected chi connectivity index (χ2v) is 9.06. The average Bonchev–Trinajstić information content (AvgIpc) is 3.13. The largest absolute Gasteiger partial charge is 0.497 e. The number of ether oxygens (including phenoxy) is 2. The normalized spacial score (nSPS) is 18.1. The molecule has 150 valence electrons. The molecule has 2 aromatic carbocycles. The number of piperidine rings is 1. The van der Waals surface area contributed by atoms with E-state index >= 15 is 0 Å². The second kappa shape index (κ2) is 7.11. The van der Waals surface area contributed by atoms with Gasteiger partial charge in [0.25, 0.3) is 5.91 Å². The van der Waals surface area contributed by atoms with Crippen molar-refractivity contribution in [2.24, 2.45) is 0 Å². The third-order valence-corrected chi connectivity index (χ3v) is 7.09. The highest BCUT2D eigenvalue weighted by Gasteiger charge is 2.41. The maximum Gasteiger partial charge on any atom is 0.253 e. The highest BCUT2D eigenvalue weighted by molar-refractivity contribution is 7.18. The number of amides is 1. The summed E-state index contributed by atoms with van der Waals surface area (Å²) in [6.07, 6.45) is 2.55. The van der Waals surface area contributed by atoms with E-state index in [-0.39, 0.29) is 11.5 Å². The fraction of sp³-hybridized carbons (Fsp3) is 0.391. The Labute approximate surface area is 174 Å². The highest BCUT2D eigenvalue weighted by atomic mass is 32.1. The first-order valence-corrected chi connectivity index (χ1v) is 10.9. The molecular formula is C23H24N2O3S. The van der Waals surface area contributed by atoms with Gasteiger partial charge in [0.05, 0.1) is 34.5 Å². The van der Waals surface area contributed by atoms with Crippen molar-refractivity contribution in [1.29, 1.82) is 0 Å². The van der Waals surface area contributed by atoms with Gasteiger partial charge in [-0.3, -0.25) is 4.79 Å². The molecule has 5 nitrogen and oxygen atoms in total. The molecule has 1 aromatic heterocycles. The van der Waals surface area contributed by atoms with Gasteiger partial charge in [-0.2, -0.15) is 0 Å². The number of aromatic nitrogens is 1. The number of thiazole rings is 1. The van der Waals surface area contributed by atoms with Crippen molar-refractivity contribution in [3.8, 4) is 5.75 Å². The number of carbonyl (C=O) groups is 1. The van der Waals surface area contributed by atoms with Gasteiger partial charge in [-0.15, -0.1) is 11.3 Å². The van der Waals surface area contributed by atoms with Crippen molar-refractivity contribution >= 4 is 27.5 Å². The molecule has 0 radical (unpaired) electrons. The topological polar surface area (TPSA) is 51.7 Å². The zero-order chi connectivity index (χ0) is 20.0. The standard InChI is InChI=1S/C23H24N2O3S/c1-15-24-20-6-3-17(14-21(20)29-15)22(26)25-10-8-23(9-11-25)19-5-4-18(27-2)13-16(19)7-12-28-23/h3-6,13-14H,7-12H2,1-2H3. The Morgan fingerprint density at radius 2 is 2.03 bits per heavy atom. The van der Waals surface area contributed by atoms with Gasteiger partial charge in [0.1, 0.15) is 5.75 Å². The number of nitrogens with zero attached hydrogens (tertiary/aromatic N) is 2. The van der Waals surface area contributed by atoms with Crippen LogP contribution in [0.25, 0.3) is 10.2 Å². The van der Waals surface area contributed by atoms with Crippen molar-refractivity contribution in [3.05, 3.63) is 58.1 Å². The SMILES string of the molecule is COc1ccc2c(c1)CCOC21CCN(C(=O)c2ccc3nc(C)sc3c2)CC1. The van der Waals surface area contributed by atoms with Crippen LogP contribution in [0.5, 0.6) is 5.75 Å². The highest BCUT2D eigenvalue weighted by Crippen LogP contribution is 2.42. The lowest BCUT2D eigenvalue weighted by molar-refractivity contribution is -0.0935. The van der Waals surface area contributed by atoms with E-state index in [4.69, 9.17) is 9.47 Å². The van der Waals surface area contributed by atoms with Crippen molar-refractivity contribution < 1.29 is 14.3 Å². The minimum atomic E-state index is -0.282. The molecule has 3 aromatic rings. The Morgan fingerprint density at radius 3 is 2.83 bits per heavy atom. The second-order valence-electron chi connectivity index (χ2n) is 7.82. The molecule has 3 heterocycles. The number of hydrogen-bond donors (Lipinski definition) is 0. The predicted molar refractivity (Wildman–Crippen MR) is 114 cm³/mol. The van der Waals surface area contributed by atoms with Crippen LogP contribution < -0.4 is 4.74 Å². The third-order valence-electron chi connectivity index (χ3n) is 6.15. The molecule has 29 heavy (non-hydrogen) atoms. The molecule has 0 atom stereocenters. The van der Waals surface area contributed by atoms with Gasteiger partial charge in [-0.25, -0.2) is 4.98 Å². The molecule has 5 rings (SSSR count). The number of rotatable bonds is 2. The molecule has 1 amide bonds. The van der Waals surface area contributed by atoms with Crippen LogP contribution in [0.2, 0.25) is 0 Å². The van der Waals surface area contributed by atoms with E-state index in [1.165, 1.54) is 11.1 Å². The maximum atomic E-state index is 13.1. The molecule has 2 aliphatic rings. The van der Waals surface area contributed by atoms with Gasteiger partial charge < -0.3 is 14.4 Å². The van der Waals surface area contributed by atoms with Crippen molar-refractivity contribution in [2.45, 2.75) is 31.8 Å². The first-order chi connectivity index (χ1) is 14.1. The van der Waals surface area contributed by atoms with Gasteiger partial charge in [0.15, 0.2) is 0 Å². The van der Waals surface area contributed by atoms with Crippen LogP contribution in [-0.2, 0) is 16.8 Å². The van der Waals surface area contributed by atoms with E-state index in [0.717, 1.165) is 52.4 Å². The molecule has 0 N–H and O–H groups in total. The quantitative estimate of drug-likeness (QED) is 0.634. The van der Waals surface area contributed by atoms with E-state index < -0.39 is 0 Å². The molecule has 0 unspecified atom stereocenters. The van der Waals surface area contributed by atoms with Gasteiger partial charge in [-0.1, -0.05) is 6.07 Å². The molecule has 6 heteroatoms. The molecule has 2 aliphatic heterocycles. The van der Waals surface area contributed by atoms with Crippen LogP contribution in [0.15, 0.2) is 36.4 Å². The van der Waals surface area contributed by atoms with Crippen molar-refractivity contribution in [3.63, 3.8) is 0 Å². The number of methoxy groups -OCH3 is 1. The van der Waals surface area contributed by atoms with E-state index in [1.807, 2.05) is 36.1 Å². The fourth-order valence-electron chi connectivity index (χ4n) is 4.62. The number of benzene rings is 2. The molecule has 0 saturated carbocycles. The summed E-state index contributed by atoms with van der Waals surface area (Å²) in [5.41, 5.74) is 3.99. The van der Waals surface area contributed by atoms with Crippen LogP contribution >= 0.6 is 11.3 Å². The van der Waals surface area contributed by atoms with Gasteiger partial charge in [0, 0.05) is 18.7 Å². The van der Waals surface area contributed by atoms with Crippen LogP contribution in [0.4, 0.5) is 0 Å². The summed E-state index contributed by atoms with van der Waals surface area (Å²) in [6.45, 7) is 4.11. The van der Waals surface area contributed by atoms with Crippen LogP contribution in [0, 0.1) is 6.92 Å². The molecular weight excluding hydrogens is 384 g/mol. The molecule has 1 spiro atoms. The number of hydrogen-bond acceptors (Lipinski definition) is 5. The summed E-state index contributed by atoms with van der Waals surface area (Å²) in [5, 5.41) is 1.02. The lowest BCUT2D eigenvalue weighted by Crippen LogP contribution is -2.48. The monoisotopic (exact) mass is 408 g/mol. The molecule has 1 saturated heterocycles. The maximum absolute atomic E-state index is 13.1. The first-order valence-electron chi connectivity index (χ1n) is 10.1. The van der Waals surface area contributed by atoms with E-state index in [2.05, 4.69) is 17.1 Å². The third kappa shape index (κ3) is 3.20. The summed E-state index contributed by atoms with van der Waals surface area (Å²) < 4.78 is 12.8. The van der Waals surface area contributed by atoms with E-state index in [0.29, 0.717) is 13.1 Å². The number of fused-ring (bicyclic) bond motifs is 3.